The van der Waals surface area contributed by atoms with Crippen molar-refractivity contribution in [2.24, 2.45) is 0 Å². The van der Waals surface area contributed by atoms with Crippen LogP contribution in [0.2, 0.25) is 0 Å². The van der Waals surface area contributed by atoms with Gasteiger partial charge in [-0.1, -0.05) is 5.92 Å². The number of terminal acetylenes is 1. The Kier molecular flexibility index (Phi) is 7.34. The maximum atomic E-state index is 13.2. The van der Waals surface area contributed by atoms with Crippen LogP contribution in [-0.2, 0) is 19.1 Å². The van der Waals surface area contributed by atoms with Crippen molar-refractivity contribution in [3.63, 3.8) is 0 Å². The molecule has 0 bridgehead atoms. The minimum absolute atomic E-state index is 0.0617. The van der Waals surface area contributed by atoms with E-state index in [4.69, 9.17) is 15.9 Å². The van der Waals surface area contributed by atoms with E-state index in [1.165, 1.54) is 4.90 Å². The Morgan fingerprint density at radius 3 is 2.54 bits per heavy atom. The van der Waals surface area contributed by atoms with Gasteiger partial charge in [-0.25, -0.2) is 4.79 Å². The number of methoxy groups -OCH3 is 1. The van der Waals surface area contributed by atoms with Crippen molar-refractivity contribution in [2.75, 3.05) is 48.9 Å². The minimum Gasteiger partial charge on any atom is -0.380 e. The van der Waals surface area contributed by atoms with Crippen LogP contribution in [-0.4, -0.2) is 68.3 Å². The van der Waals surface area contributed by atoms with Crippen molar-refractivity contribution in [3.05, 3.63) is 53.6 Å². The second-order valence-corrected chi connectivity index (χ2v) is 8.50. The smallest absolute Gasteiger partial charge is 0.322 e. The number of carbonyl (C=O) groups excluding carboxylic acids is 3. The van der Waals surface area contributed by atoms with Gasteiger partial charge in [-0.15, -0.1) is 6.42 Å². The number of nitrogens with zero attached hydrogens (tertiary/aromatic N) is 2. The van der Waals surface area contributed by atoms with Crippen molar-refractivity contribution >= 4 is 34.9 Å². The summed E-state index contributed by atoms with van der Waals surface area (Å²) in [7, 11) is 1.56. The number of likely N-dealkylation sites (tertiary alicyclic amines) is 1. The summed E-state index contributed by atoms with van der Waals surface area (Å²) in [6, 6.07) is 11.2. The van der Waals surface area contributed by atoms with Crippen LogP contribution in [0.25, 0.3) is 0 Å². The zero-order valence-electron chi connectivity index (χ0n) is 19.7. The molecular formula is C26H28N4O5. The van der Waals surface area contributed by atoms with E-state index in [-0.39, 0.29) is 24.5 Å². The minimum atomic E-state index is -0.703. The maximum absolute atomic E-state index is 13.2. The number of urea groups is 1. The largest absolute Gasteiger partial charge is 0.380 e. The molecule has 0 spiro atoms. The van der Waals surface area contributed by atoms with Crippen molar-refractivity contribution < 1.29 is 23.9 Å². The molecule has 0 aromatic heterocycles. The van der Waals surface area contributed by atoms with Crippen LogP contribution < -0.4 is 15.5 Å². The first-order valence-corrected chi connectivity index (χ1v) is 11.4. The number of ether oxygens (including phenoxy) is 2. The maximum Gasteiger partial charge on any atom is 0.322 e. The molecular weight excluding hydrogens is 448 g/mol. The summed E-state index contributed by atoms with van der Waals surface area (Å²) in [6.45, 7) is 3.21. The molecule has 2 unspecified atom stereocenters. The first kappa shape index (κ1) is 24.3. The molecule has 9 nitrogen and oxygen atoms in total. The SMILES string of the molecule is C#Cc1ccc(NC(=O)N2CC(OC)CC2C(=O)Nc2ccc(N3CCOCC3=O)c(C)c2)cc1. The van der Waals surface area contributed by atoms with E-state index in [0.29, 0.717) is 43.1 Å². The van der Waals surface area contributed by atoms with Crippen LogP contribution in [0.4, 0.5) is 21.9 Å². The number of morpholine rings is 1. The highest BCUT2D eigenvalue weighted by molar-refractivity contribution is 6.00. The summed E-state index contributed by atoms with van der Waals surface area (Å²) in [5.74, 6) is 2.13. The predicted molar refractivity (Wildman–Crippen MR) is 132 cm³/mol. The molecule has 0 saturated carbocycles. The third kappa shape index (κ3) is 5.45. The standard InChI is InChI=1S/C26H28N4O5/c1-4-18-5-7-19(8-6-18)28-26(33)30-15-21(34-3)14-23(30)25(32)27-20-9-10-22(17(2)13-20)29-11-12-35-16-24(29)31/h1,5-10,13,21,23H,11-12,14-16H2,2-3H3,(H,27,32)(H,28,33). The molecule has 2 atom stereocenters. The molecule has 2 aliphatic heterocycles. The molecule has 2 aliphatic rings. The van der Waals surface area contributed by atoms with Crippen LogP contribution in [0.5, 0.6) is 0 Å². The zero-order chi connectivity index (χ0) is 24.9. The lowest BCUT2D eigenvalue weighted by atomic mass is 10.1. The lowest BCUT2D eigenvalue weighted by Crippen LogP contribution is -2.45. The van der Waals surface area contributed by atoms with E-state index in [0.717, 1.165) is 11.3 Å². The molecule has 2 heterocycles. The van der Waals surface area contributed by atoms with Crippen LogP contribution in [0.3, 0.4) is 0 Å². The van der Waals surface area contributed by atoms with Gasteiger partial charge in [0.05, 0.1) is 12.7 Å². The molecule has 182 valence electrons. The molecule has 35 heavy (non-hydrogen) atoms. The third-order valence-electron chi connectivity index (χ3n) is 6.20. The zero-order valence-corrected chi connectivity index (χ0v) is 19.7. The van der Waals surface area contributed by atoms with Gasteiger partial charge in [0, 0.05) is 49.2 Å². The Hall–Kier alpha value is -3.87. The Bertz CT molecular complexity index is 1160. The second-order valence-electron chi connectivity index (χ2n) is 8.50. The highest BCUT2D eigenvalue weighted by atomic mass is 16.5. The summed E-state index contributed by atoms with van der Waals surface area (Å²) >= 11 is 0. The molecule has 4 amide bonds. The molecule has 2 fully saturated rings. The Morgan fingerprint density at radius 1 is 1.14 bits per heavy atom. The van der Waals surface area contributed by atoms with Gasteiger partial charge in [0.1, 0.15) is 12.6 Å². The van der Waals surface area contributed by atoms with E-state index in [2.05, 4.69) is 16.6 Å². The summed E-state index contributed by atoms with van der Waals surface area (Å²) < 4.78 is 10.6. The summed E-state index contributed by atoms with van der Waals surface area (Å²) in [5.41, 5.74) is 3.51. The van der Waals surface area contributed by atoms with Gasteiger partial charge >= 0.3 is 6.03 Å². The van der Waals surface area contributed by atoms with E-state index in [1.807, 2.05) is 19.1 Å². The van der Waals surface area contributed by atoms with Crippen LogP contribution in [0.15, 0.2) is 42.5 Å². The van der Waals surface area contributed by atoms with Crippen molar-refractivity contribution in [2.45, 2.75) is 25.5 Å². The average Bonchev–Trinajstić information content (AvgIpc) is 3.30. The Balaban J connectivity index is 1.45. The quantitative estimate of drug-likeness (QED) is 0.647. The molecule has 2 N–H and O–H groups in total. The average molecular weight is 477 g/mol. The number of rotatable bonds is 5. The third-order valence-corrected chi connectivity index (χ3v) is 6.20. The fourth-order valence-corrected chi connectivity index (χ4v) is 4.32. The number of aryl methyl sites for hydroxylation is 1. The van der Waals surface area contributed by atoms with Crippen molar-refractivity contribution in [1.29, 1.82) is 0 Å². The summed E-state index contributed by atoms with van der Waals surface area (Å²) in [5, 5.41) is 5.73. The highest BCUT2D eigenvalue weighted by Gasteiger charge is 2.40. The summed E-state index contributed by atoms with van der Waals surface area (Å²) in [6.07, 6.45) is 5.51. The van der Waals surface area contributed by atoms with Gasteiger partial charge in [0.15, 0.2) is 0 Å². The molecule has 0 aliphatic carbocycles. The normalized spacial score (nSPS) is 19.9. The topological polar surface area (TPSA) is 100 Å². The van der Waals surface area contributed by atoms with E-state index >= 15 is 0 Å². The van der Waals surface area contributed by atoms with E-state index < -0.39 is 12.1 Å². The molecule has 4 rings (SSSR count). The molecule has 2 aromatic rings. The van der Waals surface area contributed by atoms with Gasteiger partial charge in [-0.2, -0.15) is 0 Å². The molecule has 0 radical (unpaired) electrons. The van der Waals surface area contributed by atoms with E-state index in [9.17, 15) is 14.4 Å². The second kappa shape index (κ2) is 10.6. The van der Waals surface area contributed by atoms with Crippen molar-refractivity contribution in [1.82, 2.24) is 4.90 Å². The number of carbonyl (C=O) groups is 3. The number of hydrogen-bond donors (Lipinski definition) is 2. The van der Waals surface area contributed by atoms with Gasteiger partial charge in [0.2, 0.25) is 5.91 Å². The molecule has 9 heteroatoms. The fraction of sp³-hybridized carbons (Fsp3) is 0.346. The number of nitrogens with one attached hydrogen (secondary N) is 2. The van der Waals surface area contributed by atoms with Gasteiger partial charge in [-0.3, -0.25) is 9.59 Å². The number of benzene rings is 2. The Morgan fingerprint density at radius 2 is 1.89 bits per heavy atom. The van der Waals surface area contributed by atoms with Crippen LogP contribution >= 0.6 is 0 Å². The molecule has 2 saturated heterocycles. The van der Waals surface area contributed by atoms with Crippen molar-refractivity contribution in [3.8, 4) is 12.3 Å². The highest BCUT2D eigenvalue weighted by Crippen LogP contribution is 2.27. The number of hydrogen-bond acceptors (Lipinski definition) is 5. The number of amides is 4. The fourth-order valence-electron chi connectivity index (χ4n) is 4.32. The van der Waals surface area contributed by atoms with E-state index in [1.54, 1.807) is 42.3 Å². The predicted octanol–water partition coefficient (Wildman–Crippen LogP) is 2.60. The monoisotopic (exact) mass is 476 g/mol. The summed E-state index contributed by atoms with van der Waals surface area (Å²) in [4.78, 5) is 41.5. The Labute approximate surface area is 204 Å². The molecule has 2 aromatic carbocycles. The lowest BCUT2D eigenvalue weighted by molar-refractivity contribution is -0.125. The van der Waals surface area contributed by atoms with Crippen LogP contribution in [0.1, 0.15) is 17.5 Å². The van der Waals surface area contributed by atoms with Gasteiger partial charge in [-0.05, 0) is 55.0 Å². The van der Waals surface area contributed by atoms with Crippen LogP contribution in [0, 0.1) is 19.3 Å². The first-order valence-electron chi connectivity index (χ1n) is 11.4. The van der Waals surface area contributed by atoms with Gasteiger partial charge < -0.3 is 29.9 Å². The first-order chi connectivity index (χ1) is 16.9. The van der Waals surface area contributed by atoms with Gasteiger partial charge in [0.25, 0.3) is 5.91 Å². The lowest BCUT2D eigenvalue weighted by Gasteiger charge is -2.28. The number of anilines is 3.